The Kier molecular flexibility index (Phi) is 5.29. The van der Waals surface area contributed by atoms with Gasteiger partial charge in [-0.15, -0.1) is 0 Å². The first-order valence-electron chi connectivity index (χ1n) is 4.48. The van der Waals surface area contributed by atoms with Crippen molar-refractivity contribution in [3.8, 4) is 0 Å². The van der Waals surface area contributed by atoms with Gasteiger partial charge in [-0.2, -0.15) is 0 Å². The maximum absolute atomic E-state index is 11.7. The third-order valence-corrected chi connectivity index (χ3v) is 6.24. The summed E-state index contributed by atoms with van der Waals surface area (Å²) in [4.78, 5) is -0.0220. The van der Waals surface area contributed by atoms with E-state index in [1.807, 2.05) is 30.3 Å². The lowest BCUT2D eigenvalue weighted by molar-refractivity contribution is 0.595. The summed E-state index contributed by atoms with van der Waals surface area (Å²) in [6, 6.07) is 9.23. The van der Waals surface area contributed by atoms with Gasteiger partial charge in [0.2, 0.25) is 0 Å². The molecule has 2 nitrogen and oxygen atoms in total. The van der Waals surface area contributed by atoms with Crippen molar-refractivity contribution in [1.29, 1.82) is 0 Å². The maximum atomic E-state index is 11.7. The molecule has 84 valence electrons. The van der Waals surface area contributed by atoms with E-state index < -0.39 is 9.84 Å². The van der Waals surface area contributed by atoms with Crippen LogP contribution in [-0.4, -0.2) is 24.3 Å². The number of alkyl halides is 2. The van der Waals surface area contributed by atoms with Crippen molar-refractivity contribution in [3.05, 3.63) is 35.9 Å². The molecule has 0 bridgehead atoms. The van der Waals surface area contributed by atoms with Gasteiger partial charge in [-0.05, 0) is 5.56 Å². The monoisotopic (exact) mass is 354 g/mol. The minimum Gasteiger partial charge on any atom is -0.228 e. The van der Waals surface area contributed by atoms with E-state index in [9.17, 15) is 8.42 Å². The predicted molar refractivity (Wildman–Crippen MR) is 70.4 cm³/mol. The van der Waals surface area contributed by atoms with Gasteiger partial charge >= 0.3 is 0 Å². The number of benzene rings is 1. The average Bonchev–Trinajstić information content (AvgIpc) is 2.17. The van der Waals surface area contributed by atoms with E-state index in [0.717, 1.165) is 5.56 Å². The van der Waals surface area contributed by atoms with Crippen molar-refractivity contribution in [2.45, 2.75) is 10.6 Å². The molecule has 0 aliphatic heterocycles. The van der Waals surface area contributed by atoms with Gasteiger partial charge in [-0.1, -0.05) is 62.2 Å². The van der Waals surface area contributed by atoms with Gasteiger partial charge in [0.1, 0.15) is 0 Å². The van der Waals surface area contributed by atoms with Crippen molar-refractivity contribution in [2.24, 2.45) is 0 Å². The van der Waals surface area contributed by atoms with Crippen molar-refractivity contribution < 1.29 is 8.42 Å². The number of hydrogen-bond donors (Lipinski definition) is 0. The van der Waals surface area contributed by atoms with Crippen LogP contribution in [0.4, 0.5) is 0 Å². The number of rotatable bonds is 5. The largest absolute Gasteiger partial charge is 0.228 e. The predicted octanol–water partition coefficient (Wildman–Crippen LogP) is 2.76. The molecular weight excluding hydrogens is 344 g/mol. The first kappa shape index (κ1) is 13.2. The van der Waals surface area contributed by atoms with Gasteiger partial charge in [0.25, 0.3) is 0 Å². The lowest BCUT2D eigenvalue weighted by Gasteiger charge is -2.07. The standard InChI is InChI=1S/C10H12Br2O2S/c11-6-10(12)8-15(13,14)7-9-4-2-1-3-5-9/h1-5,10H,6-8H2/t10-/m0/s1. The summed E-state index contributed by atoms with van der Waals surface area (Å²) >= 11 is 6.54. The average molecular weight is 356 g/mol. The topological polar surface area (TPSA) is 34.1 Å². The van der Waals surface area contributed by atoms with Crippen LogP contribution in [0.3, 0.4) is 0 Å². The molecule has 0 heterocycles. The molecule has 5 heteroatoms. The van der Waals surface area contributed by atoms with Crippen molar-refractivity contribution >= 4 is 41.7 Å². The van der Waals surface area contributed by atoms with Gasteiger partial charge in [-0.25, -0.2) is 8.42 Å². The fourth-order valence-electron chi connectivity index (χ4n) is 1.21. The highest BCUT2D eigenvalue weighted by atomic mass is 79.9. The smallest absolute Gasteiger partial charge is 0.155 e. The molecule has 0 saturated heterocycles. The third kappa shape index (κ3) is 5.13. The highest BCUT2D eigenvalue weighted by Gasteiger charge is 2.16. The van der Waals surface area contributed by atoms with Gasteiger partial charge in [0, 0.05) is 10.2 Å². The molecule has 1 rings (SSSR count). The van der Waals surface area contributed by atoms with Crippen LogP contribution in [0.5, 0.6) is 0 Å². The zero-order valence-electron chi connectivity index (χ0n) is 8.07. The number of halogens is 2. The molecule has 0 N–H and O–H groups in total. The first-order valence-corrected chi connectivity index (χ1v) is 8.34. The summed E-state index contributed by atoms with van der Waals surface area (Å²) in [6.07, 6.45) is 0. The summed E-state index contributed by atoms with van der Waals surface area (Å²) in [5, 5.41) is 0.640. The van der Waals surface area contributed by atoms with E-state index in [1.165, 1.54) is 0 Å². The van der Waals surface area contributed by atoms with E-state index in [-0.39, 0.29) is 16.3 Å². The Morgan fingerprint density at radius 2 is 1.80 bits per heavy atom. The molecule has 1 aromatic rings. The molecule has 1 aromatic carbocycles. The highest BCUT2D eigenvalue weighted by Crippen LogP contribution is 2.12. The van der Waals surface area contributed by atoms with E-state index in [0.29, 0.717) is 5.33 Å². The van der Waals surface area contributed by atoms with Crippen molar-refractivity contribution in [3.63, 3.8) is 0 Å². The lowest BCUT2D eigenvalue weighted by atomic mass is 10.2. The van der Waals surface area contributed by atoms with Crippen LogP contribution in [0.1, 0.15) is 5.56 Å². The molecule has 0 aliphatic rings. The quantitative estimate of drug-likeness (QED) is 0.761. The Hall–Kier alpha value is 0.130. The highest BCUT2D eigenvalue weighted by molar-refractivity contribution is 9.12. The second-order valence-electron chi connectivity index (χ2n) is 3.29. The Bertz CT molecular complexity index is 389. The summed E-state index contributed by atoms with van der Waals surface area (Å²) < 4.78 is 23.4. The van der Waals surface area contributed by atoms with Gasteiger partial charge in [0.05, 0.1) is 11.5 Å². The van der Waals surface area contributed by atoms with Crippen LogP contribution in [0.25, 0.3) is 0 Å². The first-order chi connectivity index (χ1) is 7.03. The zero-order chi connectivity index (χ0) is 11.3. The molecule has 15 heavy (non-hydrogen) atoms. The Labute approximate surface area is 107 Å². The maximum Gasteiger partial charge on any atom is 0.155 e. The second kappa shape index (κ2) is 6.01. The van der Waals surface area contributed by atoms with Crippen LogP contribution >= 0.6 is 31.9 Å². The Balaban J connectivity index is 2.65. The van der Waals surface area contributed by atoms with Gasteiger partial charge in [-0.3, -0.25) is 0 Å². The van der Waals surface area contributed by atoms with Gasteiger partial charge < -0.3 is 0 Å². The van der Waals surface area contributed by atoms with E-state index in [4.69, 9.17) is 0 Å². The van der Waals surface area contributed by atoms with Crippen molar-refractivity contribution in [2.75, 3.05) is 11.1 Å². The minimum atomic E-state index is -3.02. The number of sulfone groups is 1. The Morgan fingerprint density at radius 1 is 1.20 bits per heavy atom. The van der Waals surface area contributed by atoms with E-state index in [1.54, 1.807) is 0 Å². The molecular formula is C10H12Br2O2S. The zero-order valence-corrected chi connectivity index (χ0v) is 12.1. The molecule has 0 aromatic heterocycles. The van der Waals surface area contributed by atoms with Crippen LogP contribution in [0.15, 0.2) is 30.3 Å². The molecule has 0 aliphatic carbocycles. The molecule has 1 atom stereocenters. The molecule has 0 saturated carbocycles. The van der Waals surface area contributed by atoms with Crippen LogP contribution < -0.4 is 0 Å². The van der Waals surface area contributed by atoms with Crippen LogP contribution in [0.2, 0.25) is 0 Å². The fourth-order valence-corrected chi connectivity index (χ4v) is 4.43. The summed E-state index contributed by atoms with van der Waals surface area (Å²) in [5.74, 6) is 0.274. The third-order valence-electron chi connectivity index (χ3n) is 1.83. The molecule has 0 amide bonds. The normalized spacial score (nSPS) is 13.7. The van der Waals surface area contributed by atoms with Gasteiger partial charge in [0.15, 0.2) is 9.84 Å². The summed E-state index contributed by atoms with van der Waals surface area (Å²) in [5.41, 5.74) is 0.840. The van der Waals surface area contributed by atoms with E-state index >= 15 is 0 Å². The molecule has 0 fully saturated rings. The Morgan fingerprint density at radius 3 is 2.33 bits per heavy atom. The van der Waals surface area contributed by atoms with Crippen LogP contribution in [0, 0.1) is 0 Å². The fraction of sp³-hybridized carbons (Fsp3) is 0.400. The lowest BCUT2D eigenvalue weighted by Crippen LogP contribution is -2.18. The molecule has 0 unspecified atom stereocenters. The molecule has 0 radical (unpaired) electrons. The number of hydrogen-bond acceptors (Lipinski definition) is 2. The van der Waals surface area contributed by atoms with E-state index in [2.05, 4.69) is 31.9 Å². The summed E-state index contributed by atoms with van der Waals surface area (Å²) in [6.45, 7) is 0. The summed E-state index contributed by atoms with van der Waals surface area (Å²) in [7, 11) is -3.02. The van der Waals surface area contributed by atoms with Crippen molar-refractivity contribution in [1.82, 2.24) is 0 Å². The minimum absolute atomic E-state index is 0.0220. The SMILES string of the molecule is O=S(=O)(Cc1ccccc1)C[C@@H](Br)CBr. The molecule has 0 spiro atoms. The second-order valence-corrected chi connectivity index (χ2v) is 7.34. The van der Waals surface area contributed by atoms with Crippen LogP contribution in [-0.2, 0) is 15.6 Å².